The molecular weight excluding hydrogens is 136 g/mol. The van der Waals surface area contributed by atoms with Crippen molar-refractivity contribution < 1.29 is 4.79 Å². The summed E-state index contributed by atoms with van der Waals surface area (Å²) in [6, 6.07) is 0. The summed E-state index contributed by atoms with van der Waals surface area (Å²) in [4.78, 5) is 11.5. The Labute approximate surface area is 68.5 Å². The fourth-order valence-corrected chi connectivity index (χ4v) is 2.06. The second-order valence-corrected chi connectivity index (χ2v) is 3.49. The van der Waals surface area contributed by atoms with Crippen LogP contribution in [0.1, 0.15) is 39.5 Å². The minimum absolute atomic E-state index is 0.139. The average Bonchev–Trinajstić information content (AvgIpc) is 2.32. The molecule has 0 spiro atoms. The Bertz CT molecular complexity index is 193. The number of hydrogen-bond acceptors (Lipinski definition) is 1. The summed E-state index contributed by atoms with van der Waals surface area (Å²) in [6.45, 7) is 7.97. The first kappa shape index (κ1) is 8.51. The van der Waals surface area contributed by atoms with Crippen molar-refractivity contribution in [3.05, 3.63) is 12.2 Å². The molecule has 1 fully saturated rings. The van der Waals surface area contributed by atoms with E-state index in [2.05, 4.69) is 13.5 Å². The Morgan fingerprint density at radius 3 is 2.55 bits per heavy atom. The molecule has 1 unspecified atom stereocenters. The van der Waals surface area contributed by atoms with E-state index in [9.17, 15) is 4.79 Å². The zero-order valence-corrected chi connectivity index (χ0v) is 7.44. The van der Waals surface area contributed by atoms with Gasteiger partial charge in [0.05, 0.1) is 0 Å². The molecule has 0 amide bonds. The summed E-state index contributed by atoms with van der Waals surface area (Å²) in [5.74, 6) is 0.410. The highest BCUT2D eigenvalue weighted by molar-refractivity contribution is 5.89. The summed E-state index contributed by atoms with van der Waals surface area (Å²) in [7, 11) is 0. The van der Waals surface area contributed by atoms with Gasteiger partial charge in [-0.1, -0.05) is 19.1 Å². The lowest BCUT2D eigenvalue weighted by atomic mass is 9.77. The number of Topliss-reactive ketones (excluding diaryl/α,β-unsaturated/α-hetero) is 1. The first-order valence-electron chi connectivity index (χ1n) is 4.33. The van der Waals surface area contributed by atoms with Crippen LogP contribution >= 0.6 is 0 Å². The van der Waals surface area contributed by atoms with Crippen LogP contribution in [0.4, 0.5) is 0 Å². The molecule has 1 nitrogen and oxygen atoms in total. The van der Waals surface area contributed by atoms with E-state index in [1.54, 1.807) is 0 Å². The number of allylic oxidation sites excluding steroid dienone is 1. The van der Waals surface area contributed by atoms with E-state index >= 15 is 0 Å². The predicted octanol–water partition coefficient (Wildman–Crippen LogP) is 2.71. The van der Waals surface area contributed by atoms with Gasteiger partial charge in [0.15, 0.2) is 0 Å². The maximum atomic E-state index is 11.5. The van der Waals surface area contributed by atoms with Crippen LogP contribution in [0, 0.1) is 5.41 Å². The van der Waals surface area contributed by atoms with Crippen LogP contribution in [-0.4, -0.2) is 5.78 Å². The van der Waals surface area contributed by atoms with Crippen molar-refractivity contribution in [1.29, 1.82) is 0 Å². The smallest absolute Gasteiger partial charge is 0.143 e. The molecule has 0 radical (unpaired) electrons. The Hall–Kier alpha value is -0.590. The van der Waals surface area contributed by atoms with E-state index in [4.69, 9.17) is 0 Å². The average molecular weight is 152 g/mol. The van der Waals surface area contributed by atoms with Crippen LogP contribution < -0.4 is 0 Å². The van der Waals surface area contributed by atoms with E-state index in [0.29, 0.717) is 5.78 Å². The normalized spacial score (nSPS) is 30.9. The summed E-state index contributed by atoms with van der Waals surface area (Å²) < 4.78 is 0. The zero-order valence-electron chi connectivity index (χ0n) is 7.44. The van der Waals surface area contributed by atoms with Crippen LogP contribution in [-0.2, 0) is 4.79 Å². The van der Waals surface area contributed by atoms with E-state index in [-0.39, 0.29) is 5.41 Å². The van der Waals surface area contributed by atoms with Crippen molar-refractivity contribution in [2.75, 3.05) is 0 Å². The van der Waals surface area contributed by atoms with Gasteiger partial charge in [0.25, 0.3) is 0 Å². The van der Waals surface area contributed by atoms with Crippen LogP contribution in [0.25, 0.3) is 0 Å². The topological polar surface area (TPSA) is 17.1 Å². The highest BCUT2D eigenvalue weighted by Gasteiger charge is 2.40. The van der Waals surface area contributed by atoms with Gasteiger partial charge in [0.1, 0.15) is 5.78 Å². The third kappa shape index (κ3) is 1.13. The van der Waals surface area contributed by atoms with Gasteiger partial charge in [-0.15, -0.1) is 0 Å². The summed E-state index contributed by atoms with van der Waals surface area (Å²) in [6.07, 6.45) is 3.78. The van der Waals surface area contributed by atoms with Gasteiger partial charge in [0, 0.05) is 11.8 Å². The standard InChI is InChI=1S/C10H16O/c1-4-10(8(2)3)7-5-6-9(10)11/h2,4-7H2,1,3H3. The lowest BCUT2D eigenvalue weighted by Gasteiger charge is -2.25. The van der Waals surface area contributed by atoms with Gasteiger partial charge < -0.3 is 0 Å². The van der Waals surface area contributed by atoms with E-state index in [1.165, 1.54) is 0 Å². The Morgan fingerprint density at radius 1 is 1.73 bits per heavy atom. The molecule has 0 aromatic rings. The highest BCUT2D eigenvalue weighted by Crippen LogP contribution is 2.42. The molecule has 11 heavy (non-hydrogen) atoms. The van der Waals surface area contributed by atoms with Crippen LogP contribution in [0.5, 0.6) is 0 Å². The largest absolute Gasteiger partial charge is 0.299 e. The number of carbonyl (C=O) groups excluding carboxylic acids is 1. The van der Waals surface area contributed by atoms with Gasteiger partial charge in [0.2, 0.25) is 0 Å². The van der Waals surface area contributed by atoms with Gasteiger partial charge >= 0.3 is 0 Å². The number of carbonyl (C=O) groups is 1. The van der Waals surface area contributed by atoms with Crippen LogP contribution in [0.15, 0.2) is 12.2 Å². The molecule has 0 bridgehead atoms. The van der Waals surface area contributed by atoms with Gasteiger partial charge in [-0.25, -0.2) is 0 Å². The number of ketones is 1. The van der Waals surface area contributed by atoms with Gasteiger partial charge in [-0.3, -0.25) is 4.79 Å². The summed E-state index contributed by atoms with van der Waals surface area (Å²) in [5.41, 5.74) is 0.919. The molecule has 0 N–H and O–H groups in total. The minimum Gasteiger partial charge on any atom is -0.299 e. The molecule has 1 rings (SSSR count). The second kappa shape index (κ2) is 2.80. The van der Waals surface area contributed by atoms with E-state index in [1.807, 2.05) is 6.92 Å². The Morgan fingerprint density at radius 2 is 2.36 bits per heavy atom. The first-order chi connectivity index (χ1) is 5.13. The van der Waals surface area contributed by atoms with Crippen molar-refractivity contribution in [2.24, 2.45) is 5.41 Å². The van der Waals surface area contributed by atoms with Gasteiger partial charge in [-0.2, -0.15) is 0 Å². The highest BCUT2D eigenvalue weighted by atomic mass is 16.1. The minimum atomic E-state index is -0.139. The molecule has 0 aromatic heterocycles. The lowest BCUT2D eigenvalue weighted by Crippen LogP contribution is -2.25. The van der Waals surface area contributed by atoms with E-state index in [0.717, 1.165) is 31.3 Å². The van der Waals surface area contributed by atoms with Crippen molar-refractivity contribution in [3.63, 3.8) is 0 Å². The molecule has 1 aliphatic rings. The summed E-state index contributed by atoms with van der Waals surface area (Å²) in [5, 5.41) is 0. The van der Waals surface area contributed by atoms with Crippen LogP contribution in [0.3, 0.4) is 0 Å². The van der Waals surface area contributed by atoms with Crippen molar-refractivity contribution in [3.8, 4) is 0 Å². The third-order valence-corrected chi connectivity index (χ3v) is 2.96. The molecular formula is C10H16O. The Kier molecular flexibility index (Phi) is 2.17. The predicted molar refractivity (Wildman–Crippen MR) is 46.4 cm³/mol. The zero-order chi connectivity index (χ0) is 8.48. The molecule has 0 heterocycles. The Balaban J connectivity index is 2.91. The van der Waals surface area contributed by atoms with Gasteiger partial charge in [-0.05, 0) is 26.2 Å². The third-order valence-electron chi connectivity index (χ3n) is 2.96. The van der Waals surface area contributed by atoms with Crippen molar-refractivity contribution in [1.82, 2.24) is 0 Å². The summed E-state index contributed by atoms with van der Waals surface area (Å²) >= 11 is 0. The molecule has 1 heteroatoms. The molecule has 1 aliphatic carbocycles. The molecule has 0 aliphatic heterocycles. The van der Waals surface area contributed by atoms with Crippen LogP contribution in [0.2, 0.25) is 0 Å². The molecule has 62 valence electrons. The van der Waals surface area contributed by atoms with Crippen molar-refractivity contribution >= 4 is 5.78 Å². The molecule has 1 saturated carbocycles. The lowest BCUT2D eigenvalue weighted by molar-refractivity contribution is -0.124. The first-order valence-corrected chi connectivity index (χ1v) is 4.33. The van der Waals surface area contributed by atoms with E-state index < -0.39 is 0 Å². The molecule has 0 saturated heterocycles. The number of hydrogen-bond donors (Lipinski definition) is 0. The maximum absolute atomic E-state index is 11.5. The molecule has 0 aromatic carbocycles. The fraction of sp³-hybridized carbons (Fsp3) is 0.700. The maximum Gasteiger partial charge on any atom is 0.143 e. The quantitative estimate of drug-likeness (QED) is 0.556. The monoisotopic (exact) mass is 152 g/mol. The SMILES string of the molecule is C=C(C)C1(CC)CCCC1=O. The fourth-order valence-electron chi connectivity index (χ4n) is 2.06. The van der Waals surface area contributed by atoms with Crippen molar-refractivity contribution in [2.45, 2.75) is 39.5 Å². The number of rotatable bonds is 2. The molecule has 1 atom stereocenters. The second-order valence-electron chi connectivity index (χ2n) is 3.49.